The summed E-state index contributed by atoms with van der Waals surface area (Å²) in [6.45, 7) is 3.33. The Kier molecular flexibility index (Phi) is 3.30. The van der Waals surface area contributed by atoms with E-state index in [1.807, 2.05) is 0 Å². The average molecular weight is 255 g/mol. The fourth-order valence-electron chi connectivity index (χ4n) is 2.29. The Balaban J connectivity index is 1.95. The predicted molar refractivity (Wildman–Crippen MR) is 61.5 cm³/mol. The monoisotopic (exact) mass is 255 g/mol. The zero-order valence-electron chi connectivity index (χ0n) is 10.4. The molecule has 2 atom stereocenters. The summed E-state index contributed by atoms with van der Waals surface area (Å²) in [4.78, 5) is 22.2. The molecule has 0 radical (unpaired) electrons. The van der Waals surface area contributed by atoms with Gasteiger partial charge in [0.25, 0.3) is 0 Å². The van der Waals surface area contributed by atoms with Crippen molar-refractivity contribution < 1.29 is 24.2 Å². The third-order valence-electron chi connectivity index (χ3n) is 2.99. The van der Waals surface area contributed by atoms with Crippen molar-refractivity contribution in [3.8, 4) is 0 Å². The van der Waals surface area contributed by atoms with E-state index in [1.54, 1.807) is 13.8 Å². The lowest BCUT2D eigenvalue weighted by molar-refractivity contribution is -0.206. The molecule has 1 saturated heterocycles. The van der Waals surface area contributed by atoms with Crippen LogP contribution in [-0.2, 0) is 19.1 Å². The number of carbonyl (C=O) groups is 2. The number of carboxylic acid groups (broad SMARTS) is 1. The molecule has 0 aliphatic carbocycles. The molecule has 1 fully saturated rings. The van der Waals surface area contributed by atoms with Gasteiger partial charge in [0.05, 0.1) is 6.08 Å². The Morgan fingerprint density at radius 1 is 1.50 bits per heavy atom. The Hall–Kier alpha value is -1.56. The number of aliphatic carboxylic acids is 1. The number of carbonyl (C=O) groups excluding carboxylic acids is 1. The highest BCUT2D eigenvalue weighted by molar-refractivity contribution is 5.83. The SMILES string of the molecule is CC1(C)OC(=O)C=C(CC2CC[C@@H](C(=O)O)N2)O1. The van der Waals surface area contributed by atoms with Crippen molar-refractivity contribution in [3.63, 3.8) is 0 Å². The second-order valence-corrected chi connectivity index (χ2v) is 5.07. The summed E-state index contributed by atoms with van der Waals surface area (Å²) in [5.41, 5.74) is 0. The Morgan fingerprint density at radius 3 is 2.78 bits per heavy atom. The van der Waals surface area contributed by atoms with Gasteiger partial charge in [-0.1, -0.05) is 0 Å². The number of hydrogen-bond donors (Lipinski definition) is 2. The maximum atomic E-state index is 11.3. The van der Waals surface area contributed by atoms with Crippen LogP contribution in [-0.4, -0.2) is 34.9 Å². The van der Waals surface area contributed by atoms with E-state index in [2.05, 4.69) is 5.32 Å². The van der Waals surface area contributed by atoms with E-state index in [0.717, 1.165) is 6.42 Å². The Morgan fingerprint density at radius 2 is 2.22 bits per heavy atom. The molecule has 1 unspecified atom stereocenters. The van der Waals surface area contributed by atoms with Crippen LogP contribution in [0.15, 0.2) is 11.8 Å². The first kappa shape index (κ1) is 12.9. The summed E-state index contributed by atoms with van der Waals surface area (Å²) in [7, 11) is 0. The van der Waals surface area contributed by atoms with Gasteiger partial charge in [-0.25, -0.2) is 4.79 Å². The number of carboxylic acids is 1. The summed E-state index contributed by atoms with van der Waals surface area (Å²) in [5, 5.41) is 11.9. The van der Waals surface area contributed by atoms with Gasteiger partial charge in [-0.05, 0) is 12.8 Å². The molecule has 0 saturated carbocycles. The van der Waals surface area contributed by atoms with Crippen LogP contribution in [0.1, 0.15) is 33.1 Å². The molecule has 0 aromatic carbocycles. The quantitative estimate of drug-likeness (QED) is 0.725. The fraction of sp³-hybridized carbons (Fsp3) is 0.667. The average Bonchev–Trinajstić information content (AvgIpc) is 2.62. The highest BCUT2D eigenvalue weighted by Crippen LogP contribution is 2.27. The van der Waals surface area contributed by atoms with Crippen LogP contribution in [0.25, 0.3) is 0 Å². The van der Waals surface area contributed by atoms with Gasteiger partial charge < -0.3 is 19.9 Å². The van der Waals surface area contributed by atoms with Crippen molar-refractivity contribution in [1.29, 1.82) is 0 Å². The van der Waals surface area contributed by atoms with Gasteiger partial charge in [0, 0.05) is 26.3 Å². The molecule has 0 amide bonds. The van der Waals surface area contributed by atoms with Crippen LogP contribution in [0.2, 0.25) is 0 Å². The number of nitrogens with one attached hydrogen (secondary N) is 1. The molecule has 6 heteroatoms. The predicted octanol–water partition coefficient (Wildman–Crippen LogP) is 0.775. The number of ether oxygens (including phenoxy) is 2. The molecule has 2 aliphatic rings. The van der Waals surface area contributed by atoms with Gasteiger partial charge >= 0.3 is 11.9 Å². The minimum atomic E-state index is -0.952. The molecular weight excluding hydrogens is 238 g/mol. The molecule has 0 bridgehead atoms. The van der Waals surface area contributed by atoms with Crippen LogP contribution < -0.4 is 5.32 Å². The van der Waals surface area contributed by atoms with Crippen LogP contribution in [0.5, 0.6) is 0 Å². The molecule has 2 heterocycles. The van der Waals surface area contributed by atoms with Gasteiger partial charge in [0.1, 0.15) is 11.8 Å². The Bertz CT molecular complexity index is 401. The molecular formula is C12H17NO5. The summed E-state index contributed by atoms with van der Waals surface area (Å²) < 4.78 is 10.5. The maximum Gasteiger partial charge on any atom is 0.337 e. The normalized spacial score (nSPS) is 30.3. The van der Waals surface area contributed by atoms with Gasteiger partial charge in [0.2, 0.25) is 5.79 Å². The van der Waals surface area contributed by atoms with Crippen LogP contribution in [0.3, 0.4) is 0 Å². The third-order valence-corrected chi connectivity index (χ3v) is 2.99. The zero-order valence-corrected chi connectivity index (χ0v) is 10.4. The van der Waals surface area contributed by atoms with Crippen LogP contribution in [0.4, 0.5) is 0 Å². The topological polar surface area (TPSA) is 84.9 Å². The van der Waals surface area contributed by atoms with Crippen molar-refractivity contribution in [3.05, 3.63) is 11.8 Å². The number of hydrogen-bond acceptors (Lipinski definition) is 5. The lowest BCUT2D eigenvalue weighted by Crippen LogP contribution is -2.38. The lowest BCUT2D eigenvalue weighted by Gasteiger charge is -2.31. The zero-order chi connectivity index (χ0) is 13.3. The molecule has 0 aromatic rings. The molecule has 2 rings (SSSR count). The first-order valence-corrected chi connectivity index (χ1v) is 5.97. The summed E-state index contributed by atoms with van der Waals surface area (Å²) in [6, 6.07) is -0.474. The van der Waals surface area contributed by atoms with Gasteiger partial charge in [0.15, 0.2) is 0 Å². The van der Waals surface area contributed by atoms with E-state index in [1.165, 1.54) is 6.08 Å². The second-order valence-electron chi connectivity index (χ2n) is 5.07. The van der Waals surface area contributed by atoms with Crippen molar-refractivity contribution in [2.75, 3.05) is 0 Å². The van der Waals surface area contributed by atoms with E-state index in [9.17, 15) is 9.59 Å². The molecule has 100 valence electrons. The number of rotatable bonds is 3. The van der Waals surface area contributed by atoms with E-state index in [-0.39, 0.29) is 6.04 Å². The summed E-state index contributed by atoms with van der Waals surface area (Å²) in [6.07, 6.45) is 3.18. The first-order chi connectivity index (χ1) is 8.35. The summed E-state index contributed by atoms with van der Waals surface area (Å²) in [5.74, 6) is -1.67. The smallest absolute Gasteiger partial charge is 0.337 e. The van der Waals surface area contributed by atoms with Crippen molar-refractivity contribution in [2.24, 2.45) is 0 Å². The van der Waals surface area contributed by atoms with Crippen molar-refractivity contribution in [2.45, 2.75) is 51.0 Å². The highest BCUT2D eigenvalue weighted by atomic mass is 16.7. The Labute approximate surface area is 105 Å². The number of cyclic esters (lactones) is 1. The largest absolute Gasteiger partial charge is 0.480 e. The molecule has 6 nitrogen and oxygen atoms in total. The van der Waals surface area contributed by atoms with E-state index in [4.69, 9.17) is 14.6 Å². The van der Waals surface area contributed by atoms with Crippen molar-refractivity contribution in [1.82, 2.24) is 5.32 Å². The highest BCUT2D eigenvalue weighted by Gasteiger charge is 2.34. The first-order valence-electron chi connectivity index (χ1n) is 5.97. The third kappa shape index (κ3) is 3.01. The van der Waals surface area contributed by atoms with E-state index in [0.29, 0.717) is 18.6 Å². The molecule has 2 aliphatic heterocycles. The van der Waals surface area contributed by atoms with Crippen molar-refractivity contribution >= 4 is 11.9 Å². The number of esters is 1. The fourth-order valence-corrected chi connectivity index (χ4v) is 2.29. The standard InChI is InChI=1S/C12H17NO5/c1-12(2)17-8(6-10(14)18-12)5-7-3-4-9(13-7)11(15)16/h6-7,9,13H,3-5H2,1-2H3,(H,15,16)/t7?,9-/m0/s1. The minimum absolute atomic E-state index is 0.0269. The summed E-state index contributed by atoms with van der Waals surface area (Å²) >= 11 is 0. The maximum absolute atomic E-state index is 11.3. The lowest BCUT2D eigenvalue weighted by atomic mass is 10.1. The molecule has 0 aromatic heterocycles. The second kappa shape index (κ2) is 4.61. The van der Waals surface area contributed by atoms with E-state index < -0.39 is 23.8 Å². The van der Waals surface area contributed by atoms with Gasteiger partial charge in [-0.15, -0.1) is 0 Å². The minimum Gasteiger partial charge on any atom is -0.480 e. The molecule has 2 N–H and O–H groups in total. The van der Waals surface area contributed by atoms with Crippen LogP contribution in [0, 0.1) is 0 Å². The van der Waals surface area contributed by atoms with Gasteiger partial charge in [-0.3, -0.25) is 4.79 Å². The van der Waals surface area contributed by atoms with E-state index >= 15 is 0 Å². The molecule has 0 spiro atoms. The molecule has 18 heavy (non-hydrogen) atoms. The van der Waals surface area contributed by atoms with Crippen LogP contribution >= 0.6 is 0 Å². The van der Waals surface area contributed by atoms with Gasteiger partial charge in [-0.2, -0.15) is 0 Å².